The summed E-state index contributed by atoms with van der Waals surface area (Å²) in [7, 11) is 0. The van der Waals surface area contributed by atoms with Crippen molar-refractivity contribution in [2.45, 2.75) is 34.6 Å². The Morgan fingerprint density at radius 3 is 2.12 bits per heavy atom. The fourth-order valence-electron chi connectivity index (χ4n) is 1.50. The van der Waals surface area contributed by atoms with E-state index >= 15 is 0 Å². The zero-order chi connectivity index (χ0) is 13.4. The molecule has 0 fully saturated rings. The lowest BCUT2D eigenvalue weighted by Crippen LogP contribution is -1.80. The number of phenolic OH excluding ortho intramolecular Hbond substituents is 1. The molecular formula is C15H21FO. The van der Waals surface area contributed by atoms with Crippen LogP contribution in [0.2, 0.25) is 0 Å². The molecule has 0 aliphatic heterocycles. The molecule has 0 atom stereocenters. The average Bonchev–Trinajstić information content (AvgIpc) is 2.35. The van der Waals surface area contributed by atoms with Gasteiger partial charge in [0.2, 0.25) is 0 Å². The first kappa shape index (κ1) is 15.4. The quantitative estimate of drug-likeness (QED) is 0.679. The number of rotatable bonds is 0. The lowest BCUT2D eigenvalue weighted by atomic mass is 10.1. The van der Waals surface area contributed by atoms with Crippen molar-refractivity contribution < 1.29 is 9.50 Å². The molecule has 0 amide bonds. The van der Waals surface area contributed by atoms with Crippen LogP contribution in [0.4, 0.5) is 4.39 Å². The lowest BCUT2D eigenvalue weighted by molar-refractivity contribution is 0.476. The van der Waals surface area contributed by atoms with Crippen molar-refractivity contribution in [1.82, 2.24) is 0 Å². The average molecular weight is 236 g/mol. The minimum absolute atomic E-state index is 0.219. The minimum Gasteiger partial charge on any atom is -0.508 e. The summed E-state index contributed by atoms with van der Waals surface area (Å²) in [4.78, 5) is 0. The van der Waals surface area contributed by atoms with Gasteiger partial charge in [-0.3, -0.25) is 0 Å². The molecule has 0 aliphatic carbocycles. The van der Waals surface area contributed by atoms with E-state index in [4.69, 9.17) is 0 Å². The van der Waals surface area contributed by atoms with Gasteiger partial charge >= 0.3 is 0 Å². The molecule has 0 unspecified atom stereocenters. The molecule has 2 aromatic carbocycles. The van der Waals surface area contributed by atoms with Crippen molar-refractivity contribution in [1.29, 1.82) is 0 Å². The zero-order valence-corrected chi connectivity index (χ0v) is 11.2. The Bertz CT molecular complexity index is 464. The van der Waals surface area contributed by atoms with Gasteiger partial charge in [-0.05, 0) is 47.5 Å². The standard InChI is InChI=1S/C11H9FO.2C2H6/c1-7-4-10(13)5-8-2-3-9(12)6-11(7)8;2*1-2/h2-6,13H,1H3;2*1-2H3. The van der Waals surface area contributed by atoms with Crippen LogP contribution in [0.3, 0.4) is 0 Å². The van der Waals surface area contributed by atoms with Crippen molar-refractivity contribution in [2.75, 3.05) is 0 Å². The molecule has 2 rings (SSSR count). The van der Waals surface area contributed by atoms with Crippen LogP contribution < -0.4 is 0 Å². The summed E-state index contributed by atoms with van der Waals surface area (Å²) in [5.41, 5.74) is 0.884. The highest BCUT2D eigenvalue weighted by Crippen LogP contribution is 2.24. The van der Waals surface area contributed by atoms with E-state index in [2.05, 4.69) is 0 Å². The normalized spacial score (nSPS) is 8.82. The van der Waals surface area contributed by atoms with Gasteiger partial charge < -0.3 is 5.11 Å². The highest BCUT2D eigenvalue weighted by Gasteiger charge is 2.00. The molecule has 94 valence electrons. The second-order valence-electron chi connectivity index (χ2n) is 3.13. The molecule has 2 heteroatoms. The molecule has 1 nitrogen and oxygen atoms in total. The van der Waals surface area contributed by atoms with E-state index in [-0.39, 0.29) is 11.6 Å². The maximum atomic E-state index is 12.9. The van der Waals surface area contributed by atoms with E-state index in [1.165, 1.54) is 12.1 Å². The molecule has 17 heavy (non-hydrogen) atoms. The first-order valence-electron chi connectivity index (χ1n) is 6.06. The van der Waals surface area contributed by atoms with Crippen molar-refractivity contribution in [3.05, 3.63) is 41.7 Å². The van der Waals surface area contributed by atoms with Crippen molar-refractivity contribution in [3.8, 4) is 5.75 Å². The van der Waals surface area contributed by atoms with Crippen LogP contribution in [0.25, 0.3) is 10.8 Å². The first-order valence-corrected chi connectivity index (χ1v) is 6.06. The highest BCUT2D eigenvalue weighted by molar-refractivity contribution is 5.86. The van der Waals surface area contributed by atoms with E-state index < -0.39 is 0 Å². The van der Waals surface area contributed by atoms with Gasteiger partial charge in [-0.15, -0.1) is 0 Å². The van der Waals surface area contributed by atoms with E-state index in [0.29, 0.717) is 0 Å². The smallest absolute Gasteiger partial charge is 0.123 e. The maximum absolute atomic E-state index is 12.9. The van der Waals surface area contributed by atoms with Crippen molar-refractivity contribution in [3.63, 3.8) is 0 Å². The number of phenols is 1. The van der Waals surface area contributed by atoms with E-state index in [0.717, 1.165) is 16.3 Å². The molecule has 0 spiro atoms. The predicted molar refractivity (Wildman–Crippen MR) is 73.0 cm³/mol. The molecule has 0 heterocycles. The highest BCUT2D eigenvalue weighted by atomic mass is 19.1. The van der Waals surface area contributed by atoms with Gasteiger partial charge in [0.05, 0.1) is 0 Å². The fourth-order valence-corrected chi connectivity index (χ4v) is 1.50. The Kier molecular flexibility index (Phi) is 6.95. The first-order chi connectivity index (χ1) is 8.16. The van der Waals surface area contributed by atoms with Crippen molar-refractivity contribution >= 4 is 10.8 Å². The summed E-state index contributed by atoms with van der Waals surface area (Å²) >= 11 is 0. The Morgan fingerprint density at radius 2 is 1.53 bits per heavy atom. The molecule has 0 bridgehead atoms. The summed E-state index contributed by atoms with van der Waals surface area (Å²) in [6.07, 6.45) is 0. The number of benzene rings is 2. The van der Waals surface area contributed by atoms with Crippen LogP contribution in [-0.4, -0.2) is 5.11 Å². The van der Waals surface area contributed by atoms with E-state index in [1.807, 2.05) is 34.6 Å². The van der Waals surface area contributed by atoms with Crippen molar-refractivity contribution in [2.24, 2.45) is 0 Å². The Hall–Kier alpha value is -1.57. The molecule has 1 N–H and O–H groups in total. The van der Waals surface area contributed by atoms with Crippen LogP contribution in [0.1, 0.15) is 33.3 Å². The molecule has 0 saturated heterocycles. The summed E-state index contributed by atoms with van der Waals surface area (Å²) in [6.45, 7) is 9.85. The topological polar surface area (TPSA) is 20.2 Å². The van der Waals surface area contributed by atoms with Crippen LogP contribution in [-0.2, 0) is 0 Å². The predicted octanol–water partition coefficient (Wildman–Crippen LogP) is 5.05. The van der Waals surface area contributed by atoms with Gasteiger partial charge in [0, 0.05) is 0 Å². The van der Waals surface area contributed by atoms with Crippen LogP contribution in [0.5, 0.6) is 5.75 Å². The molecule has 0 aromatic heterocycles. The number of hydrogen-bond donors (Lipinski definition) is 1. The summed E-state index contributed by atoms with van der Waals surface area (Å²) in [5, 5.41) is 11.0. The van der Waals surface area contributed by atoms with Gasteiger partial charge in [0.1, 0.15) is 11.6 Å². The Balaban J connectivity index is 0.000000581. The van der Waals surface area contributed by atoms with Crippen LogP contribution >= 0.6 is 0 Å². The molecule has 0 radical (unpaired) electrons. The van der Waals surface area contributed by atoms with Gasteiger partial charge in [-0.25, -0.2) is 4.39 Å². The van der Waals surface area contributed by atoms with Gasteiger partial charge in [0.15, 0.2) is 0 Å². The molecular weight excluding hydrogens is 215 g/mol. The lowest BCUT2D eigenvalue weighted by Gasteiger charge is -2.02. The van der Waals surface area contributed by atoms with Gasteiger partial charge in [0.25, 0.3) is 0 Å². The second kappa shape index (κ2) is 7.66. The molecule has 2 aromatic rings. The molecule has 0 saturated carbocycles. The number of aromatic hydroxyl groups is 1. The fraction of sp³-hybridized carbons (Fsp3) is 0.333. The third-order valence-electron chi connectivity index (χ3n) is 2.11. The Morgan fingerprint density at radius 1 is 0.941 bits per heavy atom. The number of hydrogen-bond acceptors (Lipinski definition) is 1. The van der Waals surface area contributed by atoms with Gasteiger partial charge in [-0.2, -0.15) is 0 Å². The number of halogens is 1. The third-order valence-corrected chi connectivity index (χ3v) is 2.11. The number of aryl methyl sites for hydroxylation is 1. The third kappa shape index (κ3) is 4.06. The number of fused-ring (bicyclic) bond motifs is 1. The maximum Gasteiger partial charge on any atom is 0.123 e. The summed E-state index contributed by atoms with van der Waals surface area (Å²) in [6, 6.07) is 7.78. The van der Waals surface area contributed by atoms with Crippen LogP contribution in [0.15, 0.2) is 30.3 Å². The van der Waals surface area contributed by atoms with E-state index in [9.17, 15) is 9.50 Å². The second-order valence-corrected chi connectivity index (χ2v) is 3.13. The monoisotopic (exact) mass is 236 g/mol. The summed E-state index contributed by atoms with van der Waals surface area (Å²) < 4.78 is 12.9. The largest absolute Gasteiger partial charge is 0.508 e. The summed E-state index contributed by atoms with van der Waals surface area (Å²) in [5.74, 6) is -0.0297. The SMILES string of the molecule is CC.CC.Cc1cc(O)cc2ccc(F)cc12. The molecule has 0 aliphatic rings. The Labute approximate surface area is 103 Å². The van der Waals surface area contributed by atoms with Gasteiger partial charge in [-0.1, -0.05) is 33.8 Å². The van der Waals surface area contributed by atoms with Crippen LogP contribution in [0, 0.1) is 12.7 Å². The zero-order valence-electron chi connectivity index (χ0n) is 11.2. The van der Waals surface area contributed by atoms with E-state index in [1.54, 1.807) is 18.2 Å². The minimum atomic E-state index is -0.249.